The minimum absolute atomic E-state index is 0.0467. The topological polar surface area (TPSA) is 256 Å². The summed E-state index contributed by atoms with van der Waals surface area (Å²) in [7, 11) is 0. The van der Waals surface area contributed by atoms with Gasteiger partial charge in [0.15, 0.2) is 18.9 Å². The molecule has 0 aromatic heterocycles. The second kappa shape index (κ2) is 39.0. The molecular formula is C61H118O17. The van der Waals surface area contributed by atoms with E-state index in [0.717, 1.165) is 55.3 Å². The zero-order chi connectivity index (χ0) is 57.9. The largest absolute Gasteiger partial charge is 0.394 e. The summed E-state index contributed by atoms with van der Waals surface area (Å²) in [5, 5.41) is 96.2. The molecule has 3 aliphatic heterocycles. The predicted octanol–water partition coefficient (Wildman–Crippen LogP) is 7.81. The van der Waals surface area contributed by atoms with E-state index in [1.165, 1.54) is 110 Å². The number of hydrogen-bond acceptors (Lipinski definition) is 17. The molecule has 3 aliphatic rings. The zero-order valence-electron chi connectivity index (χ0n) is 50.5. The highest BCUT2D eigenvalue weighted by atomic mass is 16.8. The first-order valence-electron chi connectivity index (χ1n) is 31.1. The standard InChI is InChI=1S/C61H118O17/c1-38(2)18-12-20-40(5)22-14-24-42(7)26-16-28-44(9)30-32-71-35-47(72-33-31-45(10)29-17-27-43(8)25-15-23-41(6)21-13-19-39(3)4)36-73-60-57(70)54(67)58(48(34-62)76-60)78-61-56(69)53(66)51(64)49(77-61)37-74-59-55(68)52(65)50(63)46(11)75-59/h38-70H,12-37H2,1-11H3/t40?,41?,42?,43?,44?,45?,46?,47?,48?,49?,50-,51-,52-,53-,54+,55?,56?,57?,58+,59+,60+,61-/m0/s1. The molecule has 78 heavy (non-hydrogen) atoms. The average Bonchev–Trinajstić information content (AvgIpc) is 3.42. The molecule has 0 amide bonds. The molecule has 3 rings (SSSR count). The van der Waals surface area contributed by atoms with E-state index in [1.807, 2.05) is 0 Å². The summed E-state index contributed by atoms with van der Waals surface area (Å²) in [4.78, 5) is 0. The Kier molecular flexibility index (Phi) is 35.8. The van der Waals surface area contributed by atoms with Crippen LogP contribution in [0.25, 0.3) is 0 Å². The lowest BCUT2D eigenvalue weighted by molar-refractivity contribution is -0.365. The van der Waals surface area contributed by atoms with Crippen molar-refractivity contribution in [3.8, 4) is 0 Å². The Labute approximate surface area is 472 Å². The third-order valence-electron chi connectivity index (χ3n) is 17.0. The number of aliphatic hydroxyl groups is 9. The molecule has 3 saturated heterocycles. The van der Waals surface area contributed by atoms with Crippen molar-refractivity contribution in [3.63, 3.8) is 0 Å². The molecule has 3 heterocycles. The molecule has 3 fully saturated rings. The van der Waals surface area contributed by atoms with Crippen molar-refractivity contribution >= 4 is 0 Å². The van der Waals surface area contributed by atoms with E-state index < -0.39 is 111 Å². The summed E-state index contributed by atoms with van der Waals surface area (Å²) in [6, 6.07) is 0. The van der Waals surface area contributed by atoms with Gasteiger partial charge in [0.1, 0.15) is 73.2 Å². The Hall–Kier alpha value is -0.680. The molecule has 9 N–H and O–H groups in total. The van der Waals surface area contributed by atoms with Gasteiger partial charge in [0.2, 0.25) is 0 Å². The van der Waals surface area contributed by atoms with E-state index in [1.54, 1.807) is 0 Å². The Bertz CT molecular complexity index is 1480. The van der Waals surface area contributed by atoms with E-state index in [4.69, 9.17) is 37.9 Å². The lowest BCUT2D eigenvalue weighted by Gasteiger charge is -2.46. The molecule has 0 spiro atoms. The van der Waals surface area contributed by atoms with Gasteiger partial charge in [-0.15, -0.1) is 0 Å². The molecule has 464 valence electrons. The molecule has 0 radical (unpaired) electrons. The zero-order valence-corrected chi connectivity index (χ0v) is 50.5. The highest BCUT2D eigenvalue weighted by Crippen LogP contribution is 2.32. The minimum Gasteiger partial charge on any atom is -0.394 e. The highest BCUT2D eigenvalue weighted by Gasteiger charge is 2.52. The van der Waals surface area contributed by atoms with E-state index in [0.29, 0.717) is 31.0 Å². The van der Waals surface area contributed by atoms with E-state index in [9.17, 15) is 46.0 Å². The monoisotopic (exact) mass is 1120 g/mol. The van der Waals surface area contributed by atoms with E-state index >= 15 is 0 Å². The van der Waals surface area contributed by atoms with Crippen LogP contribution in [0.2, 0.25) is 0 Å². The Morgan fingerprint density at radius 2 is 0.782 bits per heavy atom. The van der Waals surface area contributed by atoms with Crippen molar-refractivity contribution in [1.82, 2.24) is 0 Å². The van der Waals surface area contributed by atoms with Gasteiger partial charge in [-0.25, -0.2) is 0 Å². The fourth-order valence-electron chi connectivity index (χ4n) is 11.2. The molecule has 0 aliphatic carbocycles. The molecule has 22 atom stereocenters. The van der Waals surface area contributed by atoms with Gasteiger partial charge < -0.3 is 83.9 Å². The normalized spacial score (nSPS) is 32.8. The van der Waals surface area contributed by atoms with Crippen molar-refractivity contribution in [2.45, 2.75) is 303 Å². The molecule has 0 aromatic rings. The van der Waals surface area contributed by atoms with Gasteiger partial charge in [-0.3, -0.25) is 0 Å². The van der Waals surface area contributed by atoms with Crippen LogP contribution < -0.4 is 0 Å². The maximum absolute atomic E-state index is 11.4. The molecule has 17 nitrogen and oxygen atoms in total. The van der Waals surface area contributed by atoms with Crippen LogP contribution in [0.3, 0.4) is 0 Å². The molecule has 0 aromatic carbocycles. The Morgan fingerprint density at radius 3 is 1.26 bits per heavy atom. The van der Waals surface area contributed by atoms with Gasteiger partial charge in [0.25, 0.3) is 0 Å². The second-order valence-corrected chi connectivity index (χ2v) is 25.8. The maximum atomic E-state index is 11.4. The van der Waals surface area contributed by atoms with Crippen LogP contribution in [0.15, 0.2) is 0 Å². The molecular weight excluding hydrogens is 1000 g/mol. The van der Waals surface area contributed by atoms with Crippen LogP contribution in [-0.2, 0) is 37.9 Å². The summed E-state index contributed by atoms with van der Waals surface area (Å²) < 4.78 is 47.4. The van der Waals surface area contributed by atoms with Crippen LogP contribution in [0, 0.1) is 47.3 Å². The third kappa shape index (κ3) is 26.9. The van der Waals surface area contributed by atoms with Gasteiger partial charge in [0.05, 0.1) is 32.5 Å². The highest BCUT2D eigenvalue weighted by molar-refractivity contribution is 4.95. The minimum atomic E-state index is -1.86. The second-order valence-electron chi connectivity index (χ2n) is 25.8. The van der Waals surface area contributed by atoms with Crippen molar-refractivity contribution in [1.29, 1.82) is 0 Å². The lowest BCUT2D eigenvalue weighted by atomic mass is 9.91. The molecule has 0 bridgehead atoms. The SMILES string of the molecule is CC(C)CCCC(C)CCCC(C)CCCC(C)CCOCC(CO[C@@H]1OC(CO)[C@@H](O[C@@H]2OC(CO[C@@H]3OC(C)[C@H](O)[C@H](O)C3O)[C@H](O)[C@H](O)C2O)[C@H](O)C1O)OCCC(C)CCCC(C)CCCC(C)CCCC(C)C. The van der Waals surface area contributed by atoms with Crippen molar-refractivity contribution in [3.05, 3.63) is 0 Å². The van der Waals surface area contributed by atoms with Gasteiger partial charge >= 0.3 is 0 Å². The van der Waals surface area contributed by atoms with Gasteiger partial charge in [-0.2, -0.15) is 0 Å². The lowest BCUT2D eigenvalue weighted by Crippen LogP contribution is -2.65. The molecule has 17 heteroatoms. The molecule has 0 saturated carbocycles. The first kappa shape index (κ1) is 71.6. The summed E-state index contributed by atoms with van der Waals surface area (Å²) in [6.45, 7) is 24.8. The maximum Gasteiger partial charge on any atom is 0.187 e. The Balaban J connectivity index is 1.52. The van der Waals surface area contributed by atoms with Crippen molar-refractivity contribution < 1.29 is 83.9 Å². The fourth-order valence-corrected chi connectivity index (χ4v) is 11.2. The summed E-state index contributed by atoms with van der Waals surface area (Å²) in [5.74, 6) is 5.58. The van der Waals surface area contributed by atoms with Crippen LogP contribution >= 0.6 is 0 Å². The number of hydrogen-bond donors (Lipinski definition) is 9. The smallest absolute Gasteiger partial charge is 0.187 e. The van der Waals surface area contributed by atoms with Gasteiger partial charge in [0, 0.05) is 13.2 Å². The molecule has 13 unspecified atom stereocenters. The van der Waals surface area contributed by atoms with Crippen molar-refractivity contribution in [2.24, 2.45) is 47.3 Å². The third-order valence-corrected chi connectivity index (χ3v) is 17.0. The number of rotatable bonds is 42. The van der Waals surface area contributed by atoms with E-state index in [2.05, 4.69) is 69.2 Å². The van der Waals surface area contributed by atoms with Crippen LogP contribution in [0.4, 0.5) is 0 Å². The number of ether oxygens (including phenoxy) is 8. The summed E-state index contributed by atoms with van der Waals surface area (Å²) >= 11 is 0. The number of aliphatic hydroxyl groups excluding tert-OH is 9. The summed E-state index contributed by atoms with van der Waals surface area (Å²) in [6.07, 6.45) is 1.01. The first-order valence-corrected chi connectivity index (χ1v) is 31.1. The predicted molar refractivity (Wildman–Crippen MR) is 301 cm³/mol. The van der Waals surface area contributed by atoms with Gasteiger partial charge in [-0.1, -0.05) is 185 Å². The Morgan fingerprint density at radius 1 is 0.385 bits per heavy atom. The van der Waals surface area contributed by atoms with Crippen molar-refractivity contribution in [2.75, 3.05) is 39.6 Å². The quantitative estimate of drug-likeness (QED) is 0.0264. The fraction of sp³-hybridized carbons (Fsp3) is 1.00. The van der Waals surface area contributed by atoms with E-state index in [-0.39, 0.29) is 13.2 Å². The van der Waals surface area contributed by atoms with Crippen LogP contribution in [0.1, 0.15) is 205 Å². The van der Waals surface area contributed by atoms with Crippen LogP contribution in [-0.4, -0.2) is 184 Å². The average molecular weight is 1120 g/mol. The van der Waals surface area contributed by atoms with Gasteiger partial charge in [-0.05, 0) is 67.1 Å². The first-order chi connectivity index (χ1) is 37.0. The summed E-state index contributed by atoms with van der Waals surface area (Å²) in [5.41, 5.74) is 0. The van der Waals surface area contributed by atoms with Crippen LogP contribution in [0.5, 0.6) is 0 Å².